The monoisotopic (exact) mass is 248 g/mol. The van der Waals surface area contributed by atoms with Gasteiger partial charge in [0.2, 0.25) is 5.67 Å². The van der Waals surface area contributed by atoms with Crippen molar-refractivity contribution in [3.8, 4) is 5.75 Å². The average molecular weight is 248 g/mol. The number of rotatable bonds is 4. The summed E-state index contributed by atoms with van der Waals surface area (Å²) in [5, 5.41) is 8.37. The van der Waals surface area contributed by atoms with E-state index in [1.807, 2.05) is 0 Å². The first-order chi connectivity index (χ1) is 7.75. The molecule has 1 atom stereocenters. The van der Waals surface area contributed by atoms with Crippen molar-refractivity contribution in [2.24, 2.45) is 0 Å². The van der Waals surface area contributed by atoms with Gasteiger partial charge in [0.1, 0.15) is 5.75 Å². The molecule has 1 aromatic carbocycles. The summed E-state index contributed by atoms with van der Waals surface area (Å²) in [6, 6.07) is 5.14. The van der Waals surface area contributed by atoms with Crippen LogP contribution in [-0.4, -0.2) is 24.1 Å². The second-order valence-electron chi connectivity index (χ2n) is 3.58. The minimum absolute atomic E-state index is 0.126. The first-order valence-electron chi connectivity index (χ1n) is 4.68. The lowest BCUT2D eigenvalue weighted by molar-refractivity contribution is -0.191. The van der Waals surface area contributed by atoms with Gasteiger partial charge in [-0.05, 0) is 13.0 Å². The smallest absolute Gasteiger partial charge is 0.379 e. The third kappa shape index (κ3) is 2.07. The van der Waals surface area contributed by atoms with Crippen LogP contribution in [0.4, 0.5) is 13.2 Å². The van der Waals surface area contributed by atoms with E-state index in [1.54, 1.807) is 0 Å². The van der Waals surface area contributed by atoms with Crippen molar-refractivity contribution >= 4 is 5.97 Å². The summed E-state index contributed by atoms with van der Waals surface area (Å²) in [5.74, 6) is -7.19. The zero-order valence-electron chi connectivity index (χ0n) is 9.21. The van der Waals surface area contributed by atoms with Crippen molar-refractivity contribution < 1.29 is 27.8 Å². The summed E-state index contributed by atoms with van der Waals surface area (Å²) in [5.41, 5.74) is -3.86. The van der Waals surface area contributed by atoms with E-state index >= 15 is 0 Å². The molecule has 0 aliphatic heterocycles. The van der Waals surface area contributed by atoms with E-state index in [2.05, 4.69) is 0 Å². The number of halogens is 3. The van der Waals surface area contributed by atoms with Crippen molar-refractivity contribution in [1.82, 2.24) is 0 Å². The average Bonchev–Trinajstić information content (AvgIpc) is 2.28. The maximum absolute atomic E-state index is 14.1. The third-order valence-electron chi connectivity index (χ3n) is 2.47. The molecular formula is C11H11F3O3. The van der Waals surface area contributed by atoms with E-state index in [1.165, 1.54) is 25.3 Å². The zero-order chi connectivity index (χ0) is 13.3. The van der Waals surface area contributed by atoms with E-state index in [9.17, 15) is 18.0 Å². The Bertz CT molecular complexity index is 430. The van der Waals surface area contributed by atoms with Crippen molar-refractivity contribution in [3.05, 3.63) is 29.8 Å². The lowest BCUT2D eigenvalue weighted by atomic mass is 9.90. The molecule has 1 N–H and O–H groups in total. The quantitative estimate of drug-likeness (QED) is 0.890. The molecule has 94 valence electrons. The number of hydrogen-bond acceptors (Lipinski definition) is 2. The second-order valence-corrected chi connectivity index (χ2v) is 3.58. The topological polar surface area (TPSA) is 46.5 Å². The molecule has 0 heterocycles. The first kappa shape index (κ1) is 13.3. The summed E-state index contributed by atoms with van der Waals surface area (Å²) in [4.78, 5) is 10.4. The number of carboxylic acids is 1. The van der Waals surface area contributed by atoms with E-state index in [4.69, 9.17) is 9.84 Å². The number of aliphatic carboxylic acids is 1. The summed E-state index contributed by atoms with van der Waals surface area (Å²) >= 11 is 0. The van der Waals surface area contributed by atoms with Crippen LogP contribution >= 0.6 is 0 Å². The largest absolute Gasteiger partial charge is 0.496 e. The molecule has 3 nitrogen and oxygen atoms in total. The fourth-order valence-electron chi connectivity index (χ4n) is 1.40. The van der Waals surface area contributed by atoms with Gasteiger partial charge >= 0.3 is 11.9 Å². The first-order valence-corrected chi connectivity index (χ1v) is 4.68. The van der Waals surface area contributed by atoms with Crippen LogP contribution in [0.2, 0.25) is 0 Å². The third-order valence-corrected chi connectivity index (χ3v) is 2.47. The maximum atomic E-state index is 14.1. The van der Waals surface area contributed by atoms with Crippen LogP contribution in [0, 0.1) is 0 Å². The van der Waals surface area contributed by atoms with E-state index in [-0.39, 0.29) is 5.75 Å². The number of para-hydroxylation sites is 1. The number of hydrogen-bond donors (Lipinski definition) is 1. The summed E-state index contributed by atoms with van der Waals surface area (Å²) in [6.07, 6.45) is 0. The summed E-state index contributed by atoms with van der Waals surface area (Å²) in [7, 11) is 1.19. The lowest BCUT2D eigenvalue weighted by Gasteiger charge is -2.28. The molecule has 0 bridgehead atoms. The highest BCUT2D eigenvalue weighted by Crippen LogP contribution is 2.44. The highest BCUT2D eigenvalue weighted by Gasteiger charge is 2.59. The molecule has 0 saturated heterocycles. The highest BCUT2D eigenvalue weighted by atomic mass is 19.3. The molecule has 0 radical (unpaired) electrons. The van der Waals surface area contributed by atoms with Gasteiger partial charge in [0.25, 0.3) is 0 Å². The van der Waals surface area contributed by atoms with Gasteiger partial charge < -0.3 is 9.84 Å². The van der Waals surface area contributed by atoms with Crippen LogP contribution in [0.5, 0.6) is 5.75 Å². The maximum Gasteiger partial charge on any atom is 0.379 e. The Morgan fingerprint density at radius 3 is 2.29 bits per heavy atom. The molecule has 0 amide bonds. The molecule has 0 spiro atoms. The second kappa shape index (κ2) is 4.27. The Labute approximate surface area is 95.8 Å². The Balaban J connectivity index is 3.35. The van der Waals surface area contributed by atoms with Crippen molar-refractivity contribution in [3.63, 3.8) is 0 Å². The van der Waals surface area contributed by atoms with Gasteiger partial charge in [-0.25, -0.2) is 9.18 Å². The van der Waals surface area contributed by atoms with Gasteiger partial charge in [0.15, 0.2) is 0 Å². The summed E-state index contributed by atoms with van der Waals surface area (Å²) in [6.45, 7) is 0.513. The van der Waals surface area contributed by atoms with E-state index in [0.717, 1.165) is 6.07 Å². The molecule has 1 unspecified atom stereocenters. The minimum Gasteiger partial charge on any atom is -0.496 e. The van der Waals surface area contributed by atoms with Gasteiger partial charge in [-0.2, -0.15) is 8.78 Å². The molecule has 0 aliphatic carbocycles. The highest BCUT2D eigenvalue weighted by molar-refractivity contribution is 5.77. The van der Waals surface area contributed by atoms with E-state index < -0.39 is 23.1 Å². The van der Waals surface area contributed by atoms with Crippen molar-refractivity contribution in [2.75, 3.05) is 7.11 Å². The number of alkyl halides is 3. The molecule has 17 heavy (non-hydrogen) atoms. The van der Waals surface area contributed by atoms with Crippen LogP contribution in [0.25, 0.3) is 0 Å². The molecule has 1 aromatic rings. The van der Waals surface area contributed by atoms with Crippen LogP contribution in [0.3, 0.4) is 0 Å². The van der Waals surface area contributed by atoms with E-state index in [0.29, 0.717) is 6.92 Å². The van der Waals surface area contributed by atoms with Gasteiger partial charge in [-0.15, -0.1) is 0 Å². The summed E-state index contributed by atoms with van der Waals surface area (Å²) < 4.78 is 45.4. The number of benzene rings is 1. The molecule has 1 rings (SSSR count). The molecule has 6 heteroatoms. The Morgan fingerprint density at radius 2 is 1.82 bits per heavy atom. The van der Waals surface area contributed by atoms with Crippen molar-refractivity contribution in [2.45, 2.75) is 18.5 Å². The SMILES string of the molecule is COc1ccccc1C(C)(F)C(F)(F)C(=O)O. The Hall–Kier alpha value is -1.72. The lowest BCUT2D eigenvalue weighted by Crippen LogP contribution is -2.46. The molecule has 0 aromatic heterocycles. The van der Waals surface area contributed by atoms with Gasteiger partial charge in [-0.1, -0.05) is 18.2 Å². The predicted octanol–water partition coefficient (Wildman–Crippen LogP) is 2.60. The fraction of sp³-hybridized carbons (Fsp3) is 0.364. The molecule has 0 saturated carbocycles. The Morgan fingerprint density at radius 1 is 1.29 bits per heavy atom. The van der Waals surface area contributed by atoms with Gasteiger partial charge in [0, 0.05) is 5.56 Å². The number of carbonyl (C=O) groups is 1. The van der Waals surface area contributed by atoms with Crippen LogP contribution < -0.4 is 4.74 Å². The van der Waals surface area contributed by atoms with Crippen molar-refractivity contribution in [1.29, 1.82) is 0 Å². The van der Waals surface area contributed by atoms with Gasteiger partial charge in [-0.3, -0.25) is 0 Å². The number of carboxylic acid groups (broad SMARTS) is 1. The number of methoxy groups -OCH3 is 1. The zero-order valence-corrected chi connectivity index (χ0v) is 9.21. The molecule has 0 aliphatic rings. The van der Waals surface area contributed by atoms with Crippen LogP contribution in [0.15, 0.2) is 24.3 Å². The standard InChI is InChI=1S/C11H11F3O3/c1-10(12,11(13,14)9(15)16)7-5-3-4-6-8(7)17-2/h3-6H,1-2H3,(H,15,16). The van der Waals surface area contributed by atoms with Crippen LogP contribution in [-0.2, 0) is 10.5 Å². The minimum atomic E-state index is -4.54. The Kier molecular flexibility index (Phi) is 3.35. The van der Waals surface area contributed by atoms with Crippen LogP contribution in [0.1, 0.15) is 12.5 Å². The predicted molar refractivity (Wildman–Crippen MR) is 54.0 cm³/mol. The molecule has 0 fully saturated rings. The number of ether oxygens (including phenoxy) is 1. The van der Waals surface area contributed by atoms with Gasteiger partial charge in [0.05, 0.1) is 7.11 Å². The normalized spacial score (nSPS) is 15.1. The fourth-order valence-corrected chi connectivity index (χ4v) is 1.40. The molecular weight excluding hydrogens is 237 g/mol.